The maximum absolute atomic E-state index is 13.6. The van der Waals surface area contributed by atoms with Crippen LogP contribution in [0, 0.1) is 25.5 Å². The Bertz CT molecular complexity index is 974. The Morgan fingerprint density at radius 1 is 1.07 bits per heavy atom. The molecule has 0 spiro atoms. The largest absolute Gasteiger partial charge is 0.325 e. The van der Waals surface area contributed by atoms with Crippen LogP contribution in [0.4, 0.5) is 13.6 Å². The maximum Gasteiger partial charge on any atom is 0.325 e. The average Bonchev–Trinajstić information content (AvgIpc) is 2.83. The number of carbonyl (C=O) groups is 3. The summed E-state index contributed by atoms with van der Waals surface area (Å²) in [6.45, 7) is 4.56. The molecule has 27 heavy (non-hydrogen) atoms. The van der Waals surface area contributed by atoms with Crippen molar-refractivity contribution >= 4 is 17.7 Å². The molecule has 0 aliphatic carbocycles. The molecule has 3 rings (SSSR count). The Morgan fingerprint density at radius 3 is 2.44 bits per heavy atom. The van der Waals surface area contributed by atoms with E-state index in [1.54, 1.807) is 19.1 Å². The summed E-state index contributed by atoms with van der Waals surface area (Å²) in [5, 5.41) is 2.47. The van der Waals surface area contributed by atoms with Crippen molar-refractivity contribution in [2.75, 3.05) is 6.54 Å². The third-order valence-electron chi connectivity index (χ3n) is 4.77. The minimum atomic E-state index is -1.58. The van der Waals surface area contributed by atoms with E-state index in [0.717, 1.165) is 28.2 Å². The zero-order valence-corrected chi connectivity index (χ0v) is 15.1. The van der Waals surface area contributed by atoms with Crippen LogP contribution in [0.2, 0.25) is 0 Å². The predicted octanol–water partition coefficient (Wildman–Crippen LogP) is 3.23. The number of Topliss-reactive ketones (excluding diaryl/α,β-unsaturated/α-hetero) is 1. The van der Waals surface area contributed by atoms with E-state index in [1.165, 1.54) is 13.0 Å². The summed E-state index contributed by atoms with van der Waals surface area (Å²) in [6.07, 6.45) is 0. The monoisotopic (exact) mass is 372 g/mol. The molecular formula is C20H18F2N2O3. The molecule has 3 amide bonds. The van der Waals surface area contributed by atoms with Gasteiger partial charge in [0.15, 0.2) is 17.4 Å². The maximum atomic E-state index is 13.6. The quantitative estimate of drug-likeness (QED) is 0.662. The fourth-order valence-electron chi connectivity index (χ4n) is 3.11. The first-order valence-corrected chi connectivity index (χ1v) is 8.33. The van der Waals surface area contributed by atoms with Gasteiger partial charge in [-0.2, -0.15) is 0 Å². The molecule has 1 aliphatic rings. The van der Waals surface area contributed by atoms with E-state index in [0.29, 0.717) is 5.56 Å². The number of urea groups is 1. The zero-order valence-electron chi connectivity index (χ0n) is 15.1. The van der Waals surface area contributed by atoms with Gasteiger partial charge in [0, 0.05) is 5.56 Å². The number of nitrogens with one attached hydrogen (secondary N) is 1. The van der Waals surface area contributed by atoms with E-state index in [-0.39, 0.29) is 11.3 Å². The highest BCUT2D eigenvalue weighted by atomic mass is 19.2. The molecule has 1 saturated heterocycles. The normalized spacial score (nSPS) is 19.4. The van der Waals surface area contributed by atoms with Gasteiger partial charge in [0.2, 0.25) is 0 Å². The van der Waals surface area contributed by atoms with Crippen LogP contribution < -0.4 is 5.32 Å². The number of halogens is 2. The van der Waals surface area contributed by atoms with Gasteiger partial charge in [-0.1, -0.05) is 23.8 Å². The molecule has 5 nitrogen and oxygen atoms in total. The van der Waals surface area contributed by atoms with Crippen molar-refractivity contribution in [1.29, 1.82) is 0 Å². The Hall–Kier alpha value is -3.09. The van der Waals surface area contributed by atoms with E-state index in [4.69, 9.17) is 0 Å². The predicted molar refractivity (Wildman–Crippen MR) is 94.2 cm³/mol. The number of benzene rings is 2. The Labute approximate surface area is 155 Å². The summed E-state index contributed by atoms with van der Waals surface area (Å²) in [5.74, 6) is -3.26. The Balaban J connectivity index is 1.88. The number of hydrogen-bond donors (Lipinski definition) is 1. The van der Waals surface area contributed by atoms with E-state index in [1.807, 2.05) is 13.0 Å². The van der Waals surface area contributed by atoms with Crippen molar-refractivity contribution < 1.29 is 23.2 Å². The van der Waals surface area contributed by atoms with Gasteiger partial charge in [-0.25, -0.2) is 13.6 Å². The van der Waals surface area contributed by atoms with Gasteiger partial charge in [-0.3, -0.25) is 14.5 Å². The number of ketones is 1. The van der Waals surface area contributed by atoms with Gasteiger partial charge in [0.1, 0.15) is 5.54 Å². The second-order valence-corrected chi connectivity index (χ2v) is 6.82. The lowest BCUT2D eigenvalue weighted by atomic mass is 9.91. The first-order valence-electron chi connectivity index (χ1n) is 8.33. The molecule has 1 N–H and O–H groups in total. The number of hydrogen-bond acceptors (Lipinski definition) is 3. The number of rotatable bonds is 4. The van der Waals surface area contributed by atoms with Gasteiger partial charge in [0.05, 0.1) is 6.54 Å². The van der Waals surface area contributed by atoms with Crippen LogP contribution in [0.5, 0.6) is 0 Å². The summed E-state index contributed by atoms with van der Waals surface area (Å²) < 4.78 is 26.8. The minimum Gasteiger partial charge on any atom is -0.319 e. The third-order valence-corrected chi connectivity index (χ3v) is 4.77. The molecule has 0 unspecified atom stereocenters. The summed E-state index contributed by atoms with van der Waals surface area (Å²) in [4.78, 5) is 38.6. The van der Waals surface area contributed by atoms with Crippen molar-refractivity contribution in [3.63, 3.8) is 0 Å². The van der Waals surface area contributed by atoms with Gasteiger partial charge < -0.3 is 5.32 Å². The molecule has 140 valence electrons. The van der Waals surface area contributed by atoms with Crippen LogP contribution in [0.15, 0.2) is 36.4 Å². The number of amides is 3. The van der Waals surface area contributed by atoms with E-state index in [2.05, 4.69) is 5.32 Å². The first kappa shape index (κ1) is 18.7. The summed E-state index contributed by atoms with van der Waals surface area (Å²) >= 11 is 0. The third kappa shape index (κ3) is 3.20. The SMILES string of the molecule is Cc1ccc(C)c(C(=O)CN2C(=O)N[C@@](C)(c3ccc(F)c(F)c3)C2=O)c1. The molecule has 1 fully saturated rings. The van der Waals surface area contributed by atoms with Gasteiger partial charge in [-0.05, 0) is 50.1 Å². The molecule has 1 heterocycles. The summed E-state index contributed by atoms with van der Waals surface area (Å²) in [7, 11) is 0. The second kappa shape index (κ2) is 6.57. The van der Waals surface area contributed by atoms with Crippen LogP contribution >= 0.6 is 0 Å². The minimum absolute atomic E-state index is 0.0986. The molecule has 0 bridgehead atoms. The number of aryl methyl sites for hydroxylation is 2. The topological polar surface area (TPSA) is 66.5 Å². The van der Waals surface area contributed by atoms with Gasteiger partial charge in [-0.15, -0.1) is 0 Å². The average molecular weight is 372 g/mol. The molecule has 1 atom stereocenters. The highest BCUT2D eigenvalue weighted by Gasteiger charge is 2.49. The molecule has 0 saturated carbocycles. The molecule has 7 heteroatoms. The van der Waals surface area contributed by atoms with Gasteiger partial charge >= 0.3 is 6.03 Å². The Morgan fingerprint density at radius 2 is 1.78 bits per heavy atom. The lowest BCUT2D eigenvalue weighted by Crippen LogP contribution is -2.41. The van der Waals surface area contributed by atoms with E-state index < -0.39 is 35.7 Å². The number of nitrogens with zero attached hydrogens (tertiary/aromatic N) is 1. The van der Waals surface area contributed by atoms with Crippen molar-refractivity contribution in [2.45, 2.75) is 26.3 Å². The second-order valence-electron chi connectivity index (χ2n) is 6.82. The zero-order chi connectivity index (χ0) is 19.9. The summed E-state index contributed by atoms with van der Waals surface area (Å²) in [5.41, 5.74) is 0.570. The smallest absolute Gasteiger partial charge is 0.319 e. The molecule has 0 aromatic heterocycles. The first-order chi connectivity index (χ1) is 12.6. The highest BCUT2D eigenvalue weighted by molar-refractivity contribution is 6.11. The van der Waals surface area contributed by atoms with Gasteiger partial charge in [0.25, 0.3) is 5.91 Å². The molecular weight excluding hydrogens is 354 g/mol. The van der Waals surface area contributed by atoms with E-state index >= 15 is 0 Å². The van der Waals surface area contributed by atoms with Crippen LogP contribution in [0.25, 0.3) is 0 Å². The van der Waals surface area contributed by atoms with Crippen molar-refractivity contribution in [2.24, 2.45) is 0 Å². The van der Waals surface area contributed by atoms with Crippen LogP contribution in [-0.2, 0) is 10.3 Å². The van der Waals surface area contributed by atoms with Crippen molar-refractivity contribution in [3.05, 3.63) is 70.3 Å². The van der Waals surface area contributed by atoms with Crippen molar-refractivity contribution in [1.82, 2.24) is 10.2 Å². The fourth-order valence-corrected chi connectivity index (χ4v) is 3.11. The number of carbonyl (C=O) groups excluding carboxylic acids is 3. The molecule has 0 radical (unpaired) electrons. The highest BCUT2D eigenvalue weighted by Crippen LogP contribution is 2.30. The fraction of sp³-hybridized carbons (Fsp3) is 0.250. The van der Waals surface area contributed by atoms with Crippen molar-refractivity contribution in [3.8, 4) is 0 Å². The van der Waals surface area contributed by atoms with Crippen LogP contribution in [-0.4, -0.2) is 29.2 Å². The molecule has 1 aliphatic heterocycles. The number of imide groups is 1. The Kier molecular flexibility index (Phi) is 4.55. The van der Waals surface area contributed by atoms with Crippen LogP contribution in [0.1, 0.15) is 34.0 Å². The van der Waals surface area contributed by atoms with E-state index in [9.17, 15) is 23.2 Å². The standard InChI is InChI=1S/C20H18F2N2O3/c1-11-4-5-12(2)14(8-11)17(25)10-24-18(26)20(3,23-19(24)27)13-6-7-15(21)16(22)9-13/h4-9H,10H2,1-3H3,(H,23,27)/t20-/m0/s1. The lowest BCUT2D eigenvalue weighted by molar-refractivity contribution is -0.130. The van der Waals surface area contributed by atoms with Crippen LogP contribution in [0.3, 0.4) is 0 Å². The lowest BCUT2D eigenvalue weighted by Gasteiger charge is -2.22. The molecule has 2 aromatic rings. The molecule has 2 aromatic carbocycles. The summed E-state index contributed by atoms with van der Waals surface area (Å²) in [6, 6.07) is 7.57.